The summed E-state index contributed by atoms with van der Waals surface area (Å²) >= 11 is 0. The van der Waals surface area contributed by atoms with E-state index in [1.807, 2.05) is 12.1 Å². The van der Waals surface area contributed by atoms with E-state index in [0.29, 0.717) is 35.2 Å². The molecule has 2 aliphatic rings. The lowest BCUT2D eigenvalue weighted by molar-refractivity contribution is -0.125. The highest BCUT2D eigenvalue weighted by Gasteiger charge is 2.29. The van der Waals surface area contributed by atoms with Gasteiger partial charge in [0.05, 0.1) is 5.69 Å². The Hall–Kier alpha value is -3.22. The first-order chi connectivity index (χ1) is 13.7. The van der Waals surface area contributed by atoms with Crippen LogP contribution in [0, 0.1) is 0 Å². The molecule has 2 aliphatic heterocycles. The number of carbonyl (C=O) groups excluding carboxylic acids is 2. The lowest BCUT2D eigenvalue weighted by Gasteiger charge is -2.30. The van der Waals surface area contributed by atoms with Crippen molar-refractivity contribution in [2.75, 3.05) is 30.0 Å². The molecule has 7 nitrogen and oxygen atoms in total. The predicted molar refractivity (Wildman–Crippen MR) is 104 cm³/mol. The van der Waals surface area contributed by atoms with Gasteiger partial charge in [-0.3, -0.25) is 9.59 Å². The normalized spacial score (nSPS) is 17.5. The van der Waals surface area contributed by atoms with Crippen LogP contribution in [0.5, 0.6) is 17.2 Å². The van der Waals surface area contributed by atoms with E-state index in [4.69, 9.17) is 14.2 Å². The molecule has 1 N–H and O–H groups in total. The first kappa shape index (κ1) is 18.2. The van der Waals surface area contributed by atoms with Gasteiger partial charge in [-0.05, 0) is 36.8 Å². The van der Waals surface area contributed by atoms with E-state index < -0.39 is 6.10 Å². The second kappa shape index (κ2) is 7.80. The van der Waals surface area contributed by atoms with Gasteiger partial charge in [-0.15, -0.1) is 0 Å². The van der Waals surface area contributed by atoms with Crippen LogP contribution in [0.3, 0.4) is 0 Å². The van der Waals surface area contributed by atoms with Crippen molar-refractivity contribution in [3.63, 3.8) is 0 Å². The molecule has 2 heterocycles. The van der Waals surface area contributed by atoms with E-state index in [0.717, 1.165) is 12.8 Å². The zero-order valence-electron chi connectivity index (χ0n) is 15.6. The third-order valence-electron chi connectivity index (χ3n) is 4.71. The minimum Gasteiger partial charge on any atom is -0.485 e. The van der Waals surface area contributed by atoms with Crippen LogP contribution in [0.1, 0.15) is 19.8 Å². The van der Waals surface area contributed by atoms with E-state index in [-0.39, 0.29) is 25.0 Å². The fourth-order valence-corrected chi connectivity index (χ4v) is 3.21. The molecule has 0 saturated carbocycles. The molecule has 1 unspecified atom stereocenters. The number of carbonyl (C=O) groups is 2. The fourth-order valence-electron chi connectivity index (χ4n) is 3.21. The Balaban J connectivity index is 1.49. The van der Waals surface area contributed by atoms with Crippen LogP contribution in [-0.4, -0.2) is 37.7 Å². The highest BCUT2D eigenvalue weighted by atomic mass is 16.6. The van der Waals surface area contributed by atoms with E-state index in [2.05, 4.69) is 12.2 Å². The van der Waals surface area contributed by atoms with Gasteiger partial charge in [-0.2, -0.15) is 0 Å². The second-order valence-corrected chi connectivity index (χ2v) is 6.72. The highest BCUT2D eigenvalue weighted by Crippen LogP contribution is 2.35. The molecule has 0 aromatic heterocycles. The zero-order chi connectivity index (χ0) is 19.5. The maximum absolute atomic E-state index is 12.6. The molecule has 2 amide bonds. The molecule has 2 aromatic rings. The molecule has 1 atom stereocenters. The van der Waals surface area contributed by atoms with Crippen LogP contribution in [0.4, 0.5) is 11.4 Å². The van der Waals surface area contributed by atoms with Gasteiger partial charge < -0.3 is 24.4 Å². The van der Waals surface area contributed by atoms with Gasteiger partial charge in [0.1, 0.15) is 12.4 Å². The Kier molecular flexibility index (Phi) is 5.06. The van der Waals surface area contributed by atoms with Gasteiger partial charge in [0.2, 0.25) is 6.10 Å². The van der Waals surface area contributed by atoms with Crippen molar-refractivity contribution in [3.05, 3.63) is 42.5 Å². The van der Waals surface area contributed by atoms with Crippen LogP contribution in [0.25, 0.3) is 0 Å². The molecule has 4 rings (SSSR count). The number of rotatable bonds is 5. The third kappa shape index (κ3) is 3.60. The summed E-state index contributed by atoms with van der Waals surface area (Å²) in [5, 5.41) is 2.85. The summed E-state index contributed by atoms with van der Waals surface area (Å²) in [5.41, 5.74) is 1.25. The van der Waals surface area contributed by atoms with Gasteiger partial charge >= 0.3 is 0 Å². The zero-order valence-corrected chi connectivity index (χ0v) is 15.6. The number of nitrogens with one attached hydrogen (secondary N) is 1. The summed E-state index contributed by atoms with van der Waals surface area (Å²) < 4.78 is 16.9. The smallest absolute Gasteiger partial charge is 0.269 e. The SMILES string of the molecule is CCCCN1C(=O)COc2ccc(NC(=O)C3COc4ccccc4O3)cc21. The number of amides is 2. The molecule has 7 heteroatoms. The number of anilines is 2. The summed E-state index contributed by atoms with van der Waals surface area (Å²) in [7, 11) is 0. The van der Waals surface area contributed by atoms with Crippen molar-refractivity contribution < 1.29 is 23.8 Å². The van der Waals surface area contributed by atoms with E-state index in [1.165, 1.54) is 0 Å². The molecule has 146 valence electrons. The molecule has 0 radical (unpaired) electrons. The summed E-state index contributed by atoms with van der Waals surface area (Å²) in [6.07, 6.45) is 1.13. The van der Waals surface area contributed by atoms with Crippen LogP contribution in [-0.2, 0) is 9.59 Å². The monoisotopic (exact) mass is 382 g/mol. The standard InChI is InChI=1S/C21H22N2O5/c1-2-3-10-23-15-11-14(8-9-16(15)27-13-20(23)24)22-21(25)19-12-26-17-6-4-5-7-18(17)28-19/h4-9,11,19H,2-3,10,12-13H2,1H3,(H,22,25). The van der Waals surface area contributed by atoms with Gasteiger partial charge in [0.15, 0.2) is 18.1 Å². The third-order valence-corrected chi connectivity index (χ3v) is 4.71. The quantitative estimate of drug-likeness (QED) is 0.860. The van der Waals surface area contributed by atoms with Crippen molar-refractivity contribution in [1.82, 2.24) is 0 Å². The lowest BCUT2D eigenvalue weighted by atomic mass is 10.2. The molecule has 0 spiro atoms. The minimum atomic E-state index is -0.750. The fraction of sp³-hybridized carbons (Fsp3) is 0.333. The van der Waals surface area contributed by atoms with Crippen LogP contribution in [0.2, 0.25) is 0 Å². The molecular weight excluding hydrogens is 360 g/mol. The number of fused-ring (bicyclic) bond motifs is 2. The molecule has 28 heavy (non-hydrogen) atoms. The second-order valence-electron chi connectivity index (χ2n) is 6.72. The Bertz CT molecular complexity index is 898. The number of nitrogens with zero attached hydrogens (tertiary/aromatic N) is 1. The van der Waals surface area contributed by atoms with Crippen molar-refractivity contribution in [3.8, 4) is 17.2 Å². The predicted octanol–water partition coefficient (Wildman–Crippen LogP) is 2.99. The minimum absolute atomic E-state index is 0.0368. The van der Waals surface area contributed by atoms with E-state index >= 15 is 0 Å². The maximum Gasteiger partial charge on any atom is 0.269 e. The highest BCUT2D eigenvalue weighted by molar-refractivity contribution is 6.00. The number of ether oxygens (including phenoxy) is 3. The van der Waals surface area contributed by atoms with Crippen LogP contribution < -0.4 is 24.4 Å². The summed E-state index contributed by atoms with van der Waals surface area (Å²) in [6.45, 7) is 2.87. The number of unbranched alkanes of at least 4 members (excludes halogenated alkanes) is 1. The molecule has 2 aromatic carbocycles. The van der Waals surface area contributed by atoms with E-state index in [9.17, 15) is 9.59 Å². The van der Waals surface area contributed by atoms with E-state index in [1.54, 1.807) is 35.2 Å². The maximum atomic E-state index is 12.6. The number of hydrogen-bond acceptors (Lipinski definition) is 5. The van der Waals surface area contributed by atoms with Gasteiger partial charge in [0.25, 0.3) is 11.8 Å². The van der Waals surface area contributed by atoms with Gasteiger partial charge in [-0.25, -0.2) is 0 Å². The number of benzene rings is 2. The first-order valence-corrected chi connectivity index (χ1v) is 9.42. The first-order valence-electron chi connectivity index (χ1n) is 9.42. The summed E-state index contributed by atoms with van der Waals surface area (Å²) in [4.78, 5) is 26.6. The van der Waals surface area contributed by atoms with Crippen molar-refractivity contribution in [1.29, 1.82) is 0 Å². The Labute approximate surface area is 163 Å². The van der Waals surface area contributed by atoms with Gasteiger partial charge in [-0.1, -0.05) is 25.5 Å². The summed E-state index contributed by atoms with van der Waals surface area (Å²) in [6, 6.07) is 12.5. The largest absolute Gasteiger partial charge is 0.485 e. The Morgan fingerprint density at radius 1 is 1.14 bits per heavy atom. The molecule has 0 bridgehead atoms. The molecular formula is C21H22N2O5. The lowest BCUT2D eigenvalue weighted by Crippen LogP contribution is -2.41. The Morgan fingerprint density at radius 3 is 2.79 bits per heavy atom. The topological polar surface area (TPSA) is 77.1 Å². The molecule has 0 aliphatic carbocycles. The van der Waals surface area contributed by atoms with Crippen molar-refractivity contribution >= 4 is 23.2 Å². The molecule has 0 saturated heterocycles. The number of para-hydroxylation sites is 2. The molecule has 0 fully saturated rings. The van der Waals surface area contributed by atoms with Crippen molar-refractivity contribution in [2.24, 2.45) is 0 Å². The average molecular weight is 382 g/mol. The summed E-state index contributed by atoms with van der Waals surface area (Å²) in [5.74, 6) is 1.43. The average Bonchev–Trinajstić information content (AvgIpc) is 2.72. The van der Waals surface area contributed by atoms with Crippen molar-refractivity contribution in [2.45, 2.75) is 25.9 Å². The van der Waals surface area contributed by atoms with Crippen LogP contribution >= 0.6 is 0 Å². The Morgan fingerprint density at radius 2 is 1.96 bits per heavy atom. The van der Waals surface area contributed by atoms with Crippen LogP contribution in [0.15, 0.2) is 42.5 Å². The van der Waals surface area contributed by atoms with Gasteiger partial charge in [0, 0.05) is 12.2 Å². The number of hydrogen-bond donors (Lipinski definition) is 1.